The molecule has 5 heteroatoms. The van der Waals surface area contributed by atoms with Gasteiger partial charge in [0.1, 0.15) is 0 Å². The zero-order valence-electron chi connectivity index (χ0n) is 13.4. The minimum absolute atomic E-state index is 0.0380. The molecule has 0 fully saturated rings. The molecule has 116 valence electrons. The zero-order valence-corrected chi connectivity index (χ0v) is 13.4. The van der Waals surface area contributed by atoms with Gasteiger partial charge in [-0.15, -0.1) is 0 Å². The van der Waals surface area contributed by atoms with Crippen molar-refractivity contribution in [2.24, 2.45) is 10.4 Å². The van der Waals surface area contributed by atoms with Crippen molar-refractivity contribution in [3.05, 3.63) is 35.9 Å². The Morgan fingerprint density at radius 2 is 1.81 bits per heavy atom. The lowest BCUT2D eigenvalue weighted by atomic mass is 9.92. The fourth-order valence-electron chi connectivity index (χ4n) is 1.79. The number of hydrogen-bond donors (Lipinski definition) is 3. The van der Waals surface area contributed by atoms with E-state index in [1.54, 1.807) is 7.05 Å². The van der Waals surface area contributed by atoms with E-state index >= 15 is 0 Å². The van der Waals surface area contributed by atoms with Crippen LogP contribution in [-0.4, -0.2) is 32.0 Å². The maximum absolute atomic E-state index is 11.9. The van der Waals surface area contributed by atoms with Crippen molar-refractivity contribution in [3.63, 3.8) is 0 Å². The van der Waals surface area contributed by atoms with E-state index < -0.39 is 5.41 Å². The molecule has 0 unspecified atom stereocenters. The summed E-state index contributed by atoms with van der Waals surface area (Å²) in [4.78, 5) is 16.1. The molecule has 1 aromatic carbocycles. The average Bonchev–Trinajstić information content (AvgIpc) is 2.48. The molecule has 0 aliphatic rings. The van der Waals surface area contributed by atoms with Crippen molar-refractivity contribution in [2.45, 2.75) is 27.3 Å². The number of amides is 1. The highest BCUT2D eigenvalue weighted by atomic mass is 16.2. The second-order valence-corrected chi connectivity index (χ2v) is 5.51. The van der Waals surface area contributed by atoms with Crippen LogP contribution < -0.4 is 16.0 Å². The number of carbonyl (C=O) groups is 1. The minimum Gasteiger partial charge on any atom is -0.356 e. The van der Waals surface area contributed by atoms with Crippen LogP contribution in [0.2, 0.25) is 0 Å². The van der Waals surface area contributed by atoms with Gasteiger partial charge in [-0.1, -0.05) is 30.3 Å². The number of nitrogens with one attached hydrogen (secondary N) is 3. The first kappa shape index (κ1) is 17.0. The Bertz CT molecular complexity index is 468. The van der Waals surface area contributed by atoms with Gasteiger partial charge in [-0.05, 0) is 26.3 Å². The molecule has 3 N–H and O–H groups in total. The quantitative estimate of drug-likeness (QED) is 0.550. The molecule has 0 aliphatic heterocycles. The largest absolute Gasteiger partial charge is 0.356 e. The molecule has 0 heterocycles. The Balaban J connectivity index is 2.46. The SMILES string of the molecule is CCNC(=O)C(C)(C)CNC(=NC)NCc1ccccc1. The summed E-state index contributed by atoms with van der Waals surface area (Å²) in [5, 5.41) is 9.28. The zero-order chi connectivity index (χ0) is 15.7. The Morgan fingerprint density at radius 3 is 2.38 bits per heavy atom. The predicted octanol–water partition coefficient (Wildman–Crippen LogP) is 1.51. The summed E-state index contributed by atoms with van der Waals surface area (Å²) in [6, 6.07) is 10.1. The molecule has 0 saturated carbocycles. The van der Waals surface area contributed by atoms with E-state index in [4.69, 9.17) is 0 Å². The van der Waals surface area contributed by atoms with Crippen LogP contribution in [0.5, 0.6) is 0 Å². The van der Waals surface area contributed by atoms with Gasteiger partial charge in [-0.3, -0.25) is 9.79 Å². The Kier molecular flexibility index (Phi) is 6.72. The summed E-state index contributed by atoms with van der Waals surface area (Å²) in [6.07, 6.45) is 0. The molecule has 0 saturated heterocycles. The Hall–Kier alpha value is -2.04. The van der Waals surface area contributed by atoms with Crippen molar-refractivity contribution >= 4 is 11.9 Å². The average molecular weight is 290 g/mol. The standard InChI is InChI=1S/C16H26N4O/c1-5-18-14(21)16(2,3)12-20-15(17-4)19-11-13-9-7-6-8-10-13/h6-10H,5,11-12H2,1-4H3,(H,18,21)(H2,17,19,20). The second kappa shape index (κ2) is 8.29. The Morgan fingerprint density at radius 1 is 1.14 bits per heavy atom. The topological polar surface area (TPSA) is 65.5 Å². The van der Waals surface area contributed by atoms with Crippen LogP contribution in [0.1, 0.15) is 26.3 Å². The fraction of sp³-hybridized carbons (Fsp3) is 0.500. The van der Waals surface area contributed by atoms with Gasteiger partial charge in [0.05, 0.1) is 5.41 Å². The van der Waals surface area contributed by atoms with Gasteiger partial charge in [0.2, 0.25) is 5.91 Å². The van der Waals surface area contributed by atoms with Crippen LogP contribution in [0.4, 0.5) is 0 Å². The van der Waals surface area contributed by atoms with E-state index in [0.717, 1.165) is 0 Å². The first-order valence-corrected chi connectivity index (χ1v) is 7.26. The number of nitrogens with zero attached hydrogens (tertiary/aromatic N) is 1. The van der Waals surface area contributed by atoms with Gasteiger partial charge >= 0.3 is 0 Å². The van der Waals surface area contributed by atoms with E-state index in [1.807, 2.05) is 39.0 Å². The molecule has 21 heavy (non-hydrogen) atoms. The number of aliphatic imine (C=N–C) groups is 1. The van der Waals surface area contributed by atoms with Gasteiger partial charge in [0.15, 0.2) is 5.96 Å². The summed E-state index contributed by atoms with van der Waals surface area (Å²) < 4.78 is 0. The van der Waals surface area contributed by atoms with Crippen LogP contribution in [0, 0.1) is 5.41 Å². The molecule has 5 nitrogen and oxygen atoms in total. The van der Waals surface area contributed by atoms with Gasteiger partial charge < -0.3 is 16.0 Å². The number of benzene rings is 1. The molecule has 0 aliphatic carbocycles. The lowest BCUT2D eigenvalue weighted by Gasteiger charge is -2.24. The normalized spacial score (nSPS) is 11.9. The number of rotatable bonds is 6. The third-order valence-electron chi connectivity index (χ3n) is 3.18. The van der Waals surface area contributed by atoms with Crippen LogP contribution in [-0.2, 0) is 11.3 Å². The van der Waals surface area contributed by atoms with Gasteiger partial charge in [-0.2, -0.15) is 0 Å². The summed E-state index contributed by atoms with van der Waals surface area (Å²) in [5.74, 6) is 0.729. The molecule has 0 atom stereocenters. The number of hydrogen-bond acceptors (Lipinski definition) is 2. The molecule has 1 amide bonds. The number of guanidine groups is 1. The fourth-order valence-corrected chi connectivity index (χ4v) is 1.79. The third-order valence-corrected chi connectivity index (χ3v) is 3.18. The van der Waals surface area contributed by atoms with Crippen molar-refractivity contribution in [3.8, 4) is 0 Å². The summed E-state index contributed by atoms with van der Waals surface area (Å²) in [5.41, 5.74) is 0.698. The second-order valence-electron chi connectivity index (χ2n) is 5.51. The van der Waals surface area contributed by atoms with Crippen LogP contribution in [0.3, 0.4) is 0 Å². The minimum atomic E-state index is -0.486. The maximum Gasteiger partial charge on any atom is 0.227 e. The van der Waals surface area contributed by atoms with Crippen molar-refractivity contribution in [1.82, 2.24) is 16.0 Å². The molecule has 0 radical (unpaired) electrons. The van der Waals surface area contributed by atoms with Crippen LogP contribution >= 0.6 is 0 Å². The van der Waals surface area contributed by atoms with E-state index in [2.05, 4.69) is 33.1 Å². The molecule has 1 aromatic rings. The monoisotopic (exact) mass is 290 g/mol. The van der Waals surface area contributed by atoms with E-state index in [1.165, 1.54) is 5.56 Å². The highest BCUT2D eigenvalue weighted by Crippen LogP contribution is 2.13. The van der Waals surface area contributed by atoms with Gasteiger partial charge in [0, 0.05) is 26.7 Å². The Labute approximate surface area is 127 Å². The smallest absolute Gasteiger partial charge is 0.227 e. The summed E-state index contributed by atoms with van der Waals surface area (Å²) >= 11 is 0. The molecule has 0 spiro atoms. The van der Waals surface area contributed by atoms with E-state index in [-0.39, 0.29) is 5.91 Å². The van der Waals surface area contributed by atoms with E-state index in [9.17, 15) is 4.79 Å². The molecular weight excluding hydrogens is 264 g/mol. The molecule has 0 aromatic heterocycles. The summed E-state index contributed by atoms with van der Waals surface area (Å²) in [7, 11) is 1.72. The lowest BCUT2D eigenvalue weighted by molar-refractivity contribution is -0.128. The lowest BCUT2D eigenvalue weighted by Crippen LogP contribution is -2.47. The van der Waals surface area contributed by atoms with Gasteiger partial charge in [-0.25, -0.2) is 0 Å². The molecule has 1 rings (SSSR count). The highest BCUT2D eigenvalue weighted by Gasteiger charge is 2.27. The predicted molar refractivity (Wildman–Crippen MR) is 87.1 cm³/mol. The number of carbonyl (C=O) groups excluding carboxylic acids is 1. The highest BCUT2D eigenvalue weighted by molar-refractivity contribution is 5.84. The molecule has 0 bridgehead atoms. The van der Waals surface area contributed by atoms with Gasteiger partial charge in [0.25, 0.3) is 0 Å². The third kappa shape index (κ3) is 5.85. The van der Waals surface area contributed by atoms with E-state index in [0.29, 0.717) is 25.6 Å². The van der Waals surface area contributed by atoms with Crippen LogP contribution in [0.25, 0.3) is 0 Å². The van der Waals surface area contributed by atoms with Crippen molar-refractivity contribution < 1.29 is 4.79 Å². The van der Waals surface area contributed by atoms with Crippen molar-refractivity contribution in [1.29, 1.82) is 0 Å². The maximum atomic E-state index is 11.9. The first-order valence-electron chi connectivity index (χ1n) is 7.26. The summed E-state index contributed by atoms with van der Waals surface area (Å²) in [6.45, 7) is 7.60. The van der Waals surface area contributed by atoms with Crippen molar-refractivity contribution in [2.75, 3.05) is 20.1 Å². The molecular formula is C16H26N4O. The first-order chi connectivity index (χ1) is 9.99. The van der Waals surface area contributed by atoms with Crippen LogP contribution in [0.15, 0.2) is 35.3 Å².